The molecule has 6 nitrogen and oxygen atoms in total. The number of carbonyl (C=O) groups is 1. The van der Waals surface area contributed by atoms with Crippen LogP contribution in [0.3, 0.4) is 0 Å². The highest BCUT2D eigenvalue weighted by atomic mass is 35.5. The second kappa shape index (κ2) is 4.89. The molecule has 0 radical (unpaired) electrons. The minimum atomic E-state index is -0.688. The summed E-state index contributed by atoms with van der Waals surface area (Å²) in [5.41, 5.74) is -0.493. The van der Waals surface area contributed by atoms with Gasteiger partial charge < -0.3 is 5.32 Å². The van der Waals surface area contributed by atoms with Gasteiger partial charge in [0, 0.05) is 12.2 Å². The maximum atomic E-state index is 12.0. The standard InChI is InChI=1S/C11H12ClN3O3/c1-6(7-2-3-7)14-11(16)8-4-5-13-10(12)9(8)15(17)18/h4-7H,2-3H2,1H3,(H,14,16). The van der Waals surface area contributed by atoms with Gasteiger partial charge in [0.25, 0.3) is 5.91 Å². The minimum absolute atomic E-state index is 0.0176. The normalized spacial score (nSPS) is 16.1. The van der Waals surface area contributed by atoms with Crippen molar-refractivity contribution in [1.82, 2.24) is 10.3 Å². The van der Waals surface area contributed by atoms with Crippen LogP contribution >= 0.6 is 11.6 Å². The largest absolute Gasteiger partial charge is 0.349 e. The van der Waals surface area contributed by atoms with Crippen molar-refractivity contribution in [2.24, 2.45) is 5.92 Å². The number of nitrogens with one attached hydrogen (secondary N) is 1. The number of carbonyl (C=O) groups excluding carboxylic acids is 1. The van der Waals surface area contributed by atoms with Crippen molar-refractivity contribution in [2.75, 3.05) is 0 Å². The van der Waals surface area contributed by atoms with Gasteiger partial charge in [0.15, 0.2) is 0 Å². The highest BCUT2D eigenvalue weighted by molar-refractivity contribution is 6.32. The van der Waals surface area contributed by atoms with Crippen molar-refractivity contribution in [3.05, 3.63) is 33.1 Å². The molecule has 0 aliphatic heterocycles. The van der Waals surface area contributed by atoms with Crippen LogP contribution < -0.4 is 5.32 Å². The van der Waals surface area contributed by atoms with E-state index in [-0.39, 0.29) is 16.8 Å². The van der Waals surface area contributed by atoms with Crippen molar-refractivity contribution in [3.8, 4) is 0 Å². The van der Waals surface area contributed by atoms with Gasteiger partial charge in [-0.1, -0.05) is 11.6 Å². The molecule has 7 heteroatoms. The van der Waals surface area contributed by atoms with E-state index in [0.717, 1.165) is 12.8 Å². The number of hydrogen-bond acceptors (Lipinski definition) is 4. The van der Waals surface area contributed by atoms with E-state index in [2.05, 4.69) is 10.3 Å². The predicted molar refractivity (Wildman–Crippen MR) is 65.6 cm³/mol. The minimum Gasteiger partial charge on any atom is -0.349 e. The highest BCUT2D eigenvalue weighted by Gasteiger charge is 2.31. The van der Waals surface area contributed by atoms with Crippen molar-refractivity contribution < 1.29 is 9.72 Å². The molecule has 0 spiro atoms. The molecule has 0 aromatic carbocycles. The molecule has 0 saturated heterocycles. The van der Waals surface area contributed by atoms with Crippen LogP contribution in [0, 0.1) is 16.0 Å². The summed E-state index contributed by atoms with van der Waals surface area (Å²) < 4.78 is 0. The van der Waals surface area contributed by atoms with E-state index in [0.29, 0.717) is 5.92 Å². The van der Waals surface area contributed by atoms with Crippen molar-refractivity contribution >= 4 is 23.2 Å². The summed E-state index contributed by atoms with van der Waals surface area (Å²) in [5, 5.41) is 13.4. The van der Waals surface area contributed by atoms with Gasteiger partial charge in [-0.15, -0.1) is 0 Å². The molecule has 1 aliphatic carbocycles. The van der Waals surface area contributed by atoms with Crippen molar-refractivity contribution in [2.45, 2.75) is 25.8 Å². The van der Waals surface area contributed by atoms with Crippen LogP contribution in [-0.4, -0.2) is 21.9 Å². The maximum Gasteiger partial charge on any atom is 0.319 e. The number of amides is 1. The summed E-state index contributed by atoms with van der Waals surface area (Å²) in [4.78, 5) is 25.8. The second-order valence-corrected chi connectivity index (χ2v) is 4.71. The van der Waals surface area contributed by atoms with E-state index in [1.54, 1.807) is 0 Å². The molecule has 96 valence electrons. The van der Waals surface area contributed by atoms with Crippen LogP contribution in [0.1, 0.15) is 30.1 Å². The molecule has 0 bridgehead atoms. The fourth-order valence-corrected chi connectivity index (χ4v) is 2.01. The maximum absolute atomic E-state index is 12.0. The first kappa shape index (κ1) is 12.8. The number of rotatable bonds is 4. The van der Waals surface area contributed by atoms with E-state index in [9.17, 15) is 14.9 Å². The zero-order valence-electron chi connectivity index (χ0n) is 9.72. The molecule has 18 heavy (non-hydrogen) atoms. The Morgan fingerprint density at radius 2 is 2.33 bits per heavy atom. The lowest BCUT2D eigenvalue weighted by Gasteiger charge is -2.12. The summed E-state index contributed by atoms with van der Waals surface area (Å²) in [6.45, 7) is 1.89. The van der Waals surface area contributed by atoms with E-state index in [1.807, 2.05) is 6.92 Å². The van der Waals surface area contributed by atoms with Crippen LogP contribution in [-0.2, 0) is 0 Å². The first-order valence-corrected chi connectivity index (χ1v) is 5.98. The Morgan fingerprint density at radius 1 is 1.67 bits per heavy atom. The highest BCUT2D eigenvalue weighted by Crippen LogP contribution is 2.33. The molecule has 1 aromatic rings. The van der Waals surface area contributed by atoms with Crippen molar-refractivity contribution in [1.29, 1.82) is 0 Å². The predicted octanol–water partition coefficient (Wildman–Crippen LogP) is 2.17. The number of aromatic nitrogens is 1. The Morgan fingerprint density at radius 3 is 2.89 bits per heavy atom. The number of hydrogen-bond donors (Lipinski definition) is 1. The number of pyridine rings is 1. The number of nitro groups is 1. The van der Waals surface area contributed by atoms with Crippen molar-refractivity contribution in [3.63, 3.8) is 0 Å². The monoisotopic (exact) mass is 269 g/mol. The lowest BCUT2D eigenvalue weighted by atomic mass is 10.1. The molecule has 1 saturated carbocycles. The van der Waals surface area contributed by atoms with Crippen LogP contribution in [0.15, 0.2) is 12.3 Å². The molecule has 1 N–H and O–H groups in total. The Bertz CT molecular complexity index is 502. The number of nitrogens with zero attached hydrogens (tertiary/aromatic N) is 2. The molecular weight excluding hydrogens is 258 g/mol. The molecule has 1 amide bonds. The average molecular weight is 270 g/mol. The Labute approximate surface area is 109 Å². The Balaban J connectivity index is 2.23. The summed E-state index contributed by atoms with van der Waals surface area (Å²) in [5.74, 6) is -0.00397. The molecule has 1 atom stereocenters. The van der Waals surface area contributed by atoms with Gasteiger partial charge in [-0.3, -0.25) is 14.9 Å². The molecule has 2 rings (SSSR count). The van der Waals surface area contributed by atoms with Crippen LogP contribution in [0.4, 0.5) is 5.69 Å². The van der Waals surface area contributed by atoms with Gasteiger partial charge >= 0.3 is 5.69 Å². The van der Waals surface area contributed by atoms with Gasteiger partial charge in [0.1, 0.15) is 5.56 Å². The summed E-state index contributed by atoms with van der Waals surface area (Å²) in [6.07, 6.45) is 3.45. The smallest absolute Gasteiger partial charge is 0.319 e. The second-order valence-electron chi connectivity index (χ2n) is 4.35. The topological polar surface area (TPSA) is 85.1 Å². The van der Waals surface area contributed by atoms with Gasteiger partial charge in [0.05, 0.1) is 4.92 Å². The fourth-order valence-electron chi connectivity index (χ4n) is 1.78. The summed E-state index contributed by atoms with van der Waals surface area (Å²) in [6, 6.07) is 1.32. The first-order valence-electron chi connectivity index (χ1n) is 5.60. The Hall–Kier alpha value is -1.69. The third-order valence-electron chi connectivity index (χ3n) is 2.99. The molecule has 1 fully saturated rings. The quantitative estimate of drug-likeness (QED) is 0.516. The zero-order chi connectivity index (χ0) is 13.3. The SMILES string of the molecule is CC(NC(=O)c1ccnc(Cl)c1[N+](=O)[O-])C1CC1. The fraction of sp³-hybridized carbons (Fsp3) is 0.455. The molecule has 1 unspecified atom stereocenters. The van der Waals surface area contributed by atoms with Crippen LogP contribution in [0.2, 0.25) is 5.15 Å². The average Bonchev–Trinajstić information content (AvgIpc) is 3.11. The van der Waals surface area contributed by atoms with Gasteiger partial charge in [-0.25, -0.2) is 4.98 Å². The third-order valence-corrected chi connectivity index (χ3v) is 3.27. The molecule has 1 aliphatic rings. The van der Waals surface area contributed by atoms with E-state index in [4.69, 9.17) is 11.6 Å². The molecular formula is C11H12ClN3O3. The summed E-state index contributed by atoms with van der Waals surface area (Å²) >= 11 is 5.65. The van der Waals surface area contributed by atoms with Crippen LogP contribution in [0.5, 0.6) is 0 Å². The lowest BCUT2D eigenvalue weighted by molar-refractivity contribution is -0.385. The van der Waals surface area contributed by atoms with Gasteiger partial charge in [-0.2, -0.15) is 0 Å². The van der Waals surface area contributed by atoms with Gasteiger partial charge in [-0.05, 0) is 31.7 Å². The number of halogens is 1. The van der Waals surface area contributed by atoms with Crippen LogP contribution in [0.25, 0.3) is 0 Å². The van der Waals surface area contributed by atoms with E-state index < -0.39 is 16.5 Å². The first-order chi connectivity index (χ1) is 8.50. The van der Waals surface area contributed by atoms with E-state index >= 15 is 0 Å². The lowest BCUT2D eigenvalue weighted by Crippen LogP contribution is -2.34. The third kappa shape index (κ3) is 2.59. The van der Waals surface area contributed by atoms with E-state index in [1.165, 1.54) is 12.3 Å². The summed E-state index contributed by atoms with van der Waals surface area (Å²) in [7, 11) is 0. The zero-order valence-corrected chi connectivity index (χ0v) is 10.5. The molecule has 1 aromatic heterocycles. The molecule has 1 heterocycles. The Kier molecular flexibility index (Phi) is 3.47. The van der Waals surface area contributed by atoms with Gasteiger partial charge in [0.2, 0.25) is 5.15 Å².